The van der Waals surface area contributed by atoms with Gasteiger partial charge in [-0.15, -0.1) is 0 Å². The van der Waals surface area contributed by atoms with Crippen LogP contribution in [0.3, 0.4) is 0 Å². The number of halogens is 1. The highest BCUT2D eigenvalue weighted by Gasteiger charge is 2.64. The smallest absolute Gasteiger partial charge is 0.366 e. The molecule has 22 nitrogen and oxygen atoms in total. The van der Waals surface area contributed by atoms with Gasteiger partial charge in [0.15, 0.2) is 16.6 Å². The van der Waals surface area contributed by atoms with Crippen LogP contribution in [-0.4, -0.2) is 114 Å². The lowest BCUT2D eigenvalue weighted by atomic mass is 10.1. The number of phenolic OH excluding ortho intramolecular Hbond substituents is 2. The van der Waals surface area contributed by atoms with E-state index in [0.717, 1.165) is 30.9 Å². The van der Waals surface area contributed by atoms with Crippen molar-refractivity contribution >= 4 is 81.2 Å². The van der Waals surface area contributed by atoms with Crippen molar-refractivity contribution in [3.05, 3.63) is 45.4 Å². The molecule has 3 amide bonds. The fraction of sp³-hybridized carbons (Fsp3) is 0.292. The van der Waals surface area contributed by atoms with E-state index < -0.39 is 97.4 Å². The van der Waals surface area contributed by atoms with Crippen LogP contribution in [0.2, 0.25) is 5.02 Å². The number of rotatable bonds is 11. The molecule has 2 fully saturated rings. The lowest BCUT2D eigenvalue weighted by molar-refractivity contribution is -0.161. The van der Waals surface area contributed by atoms with Gasteiger partial charge in [-0.25, -0.2) is 14.4 Å². The molecule has 258 valence electrons. The number of nitrogen functional groups attached to an aromatic ring is 1. The Kier molecular flexibility index (Phi) is 8.73. The molecule has 1 aromatic carbocycles. The van der Waals surface area contributed by atoms with Crippen LogP contribution in [0.1, 0.15) is 30.0 Å². The number of thioether (sulfide) groups is 1. The van der Waals surface area contributed by atoms with Gasteiger partial charge >= 0.3 is 23.5 Å². The van der Waals surface area contributed by atoms with Gasteiger partial charge in [0.2, 0.25) is 27.9 Å². The number of aliphatic carboxylic acids is 2. The highest BCUT2D eigenvalue weighted by atomic mass is 35.5. The number of oxime groups is 1. The lowest BCUT2D eigenvalue weighted by Gasteiger charge is -2.41. The summed E-state index contributed by atoms with van der Waals surface area (Å²) in [5, 5.41) is 46.7. The molecule has 4 heterocycles. The molecule has 2 aliphatic heterocycles. The second kappa shape index (κ2) is 12.4. The first-order valence-electron chi connectivity index (χ1n) is 13.2. The van der Waals surface area contributed by atoms with Crippen molar-refractivity contribution in [3.8, 4) is 11.5 Å². The van der Waals surface area contributed by atoms with E-state index in [-0.39, 0.29) is 11.0 Å². The van der Waals surface area contributed by atoms with E-state index in [9.17, 15) is 54.0 Å². The number of fused-ring (bicyclic) bond motifs is 1. The number of hydrogen-bond donors (Lipinski definition) is 7. The van der Waals surface area contributed by atoms with Crippen LogP contribution in [0, 0.1) is 0 Å². The summed E-state index contributed by atoms with van der Waals surface area (Å²) in [5.74, 6) is -9.64. The second-order valence-corrected chi connectivity index (χ2v) is 13.1. The summed E-state index contributed by atoms with van der Waals surface area (Å²) in [4.78, 5) is 96.5. The first-order chi connectivity index (χ1) is 22.9. The predicted octanol–water partition coefficient (Wildman–Crippen LogP) is -2.08. The third kappa shape index (κ3) is 5.95. The van der Waals surface area contributed by atoms with Gasteiger partial charge in [-0.3, -0.25) is 24.6 Å². The van der Waals surface area contributed by atoms with E-state index >= 15 is 0 Å². The molecule has 0 saturated carbocycles. The van der Waals surface area contributed by atoms with Gasteiger partial charge in [-0.2, -0.15) is 23.8 Å². The molecule has 3 atom stereocenters. The monoisotopic (exact) mass is 740 g/mol. The Hall–Kier alpha value is -5.75. The van der Waals surface area contributed by atoms with Crippen LogP contribution < -0.4 is 22.2 Å². The van der Waals surface area contributed by atoms with E-state index in [1.165, 1.54) is 0 Å². The Labute approximate surface area is 284 Å². The quantitative estimate of drug-likeness (QED) is 0.0277. The van der Waals surface area contributed by atoms with E-state index in [1.54, 1.807) is 0 Å². The number of carbonyl (C=O) groups is 6. The van der Waals surface area contributed by atoms with Crippen molar-refractivity contribution in [2.75, 3.05) is 17.7 Å². The van der Waals surface area contributed by atoms with E-state index in [1.807, 2.05) is 5.43 Å². The molecule has 0 bridgehead atoms. The van der Waals surface area contributed by atoms with Gasteiger partial charge in [0.05, 0.1) is 17.1 Å². The molecule has 0 spiro atoms. The number of anilines is 1. The summed E-state index contributed by atoms with van der Waals surface area (Å²) in [6.07, 6.45) is 0.694. The van der Waals surface area contributed by atoms with Crippen LogP contribution in [0.5, 0.6) is 11.5 Å². The first-order valence-corrected chi connectivity index (χ1v) is 15.3. The van der Waals surface area contributed by atoms with E-state index in [2.05, 4.69) is 24.9 Å². The minimum atomic E-state index is -2.29. The number of nitrogens with two attached hydrogens (primary N) is 1. The summed E-state index contributed by atoms with van der Waals surface area (Å²) in [6, 6.07) is 0.445. The number of nitrogens with zero attached hydrogens (tertiary/aromatic N) is 7. The summed E-state index contributed by atoms with van der Waals surface area (Å²) < 4.78 is 4.70. The van der Waals surface area contributed by atoms with Crippen molar-refractivity contribution in [2.45, 2.75) is 35.7 Å². The van der Waals surface area contributed by atoms with E-state index in [0.29, 0.717) is 39.0 Å². The van der Waals surface area contributed by atoms with Crippen molar-refractivity contribution < 1.29 is 54.0 Å². The summed E-state index contributed by atoms with van der Waals surface area (Å²) in [5.41, 5.74) is 3.18. The van der Waals surface area contributed by atoms with Crippen LogP contribution in [-0.2, 0) is 33.7 Å². The normalized spacial score (nSPS) is 20.3. The topological polar surface area (TPSA) is 324 Å². The number of carboxylic acid groups (broad SMARTS) is 2. The summed E-state index contributed by atoms with van der Waals surface area (Å²) in [6.45, 7) is 1.67. The number of benzene rings is 1. The second-order valence-electron chi connectivity index (χ2n) is 10.6. The fourth-order valence-corrected chi connectivity index (χ4v) is 6.56. The Morgan fingerprint density at radius 1 is 1.16 bits per heavy atom. The van der Waals surface area contributed by atoms with Crippen molar-refractivity contribution in [1.82, 2.24) is 34.0 Å². The highest BCUT2D eigenvalue weighted by Crippen LogP contribution is 2.49. The Morgan fingerprint density at radius 3 is 2.47 bits per heavy atom. The Morgan fingerprint density at radius 2 is 1.86 bits per heavy atom. The number of aromatic hydroxyl groups is 2. The van der Waals surface area contributed by atoms with Gasteiger partial charge in [0.1, 0.15) is 17.7 Å². The molecule has 8 N–H and O–H groups in total. The molecule has 2 aromatic heterocycles. The number of amides is 3. The van der Waals surface area contributed by atoms with Crippen molar-refractivity contribution in [1.29, 1.82) is 0 Å². The van der Waals surface area contributed by atoms with Gasteiger partial charge in [0.25, 0.3) is 11.7 Å². The number of carbonyl (C=O) groups excluding carboxylic acids is 4. The van der Waals surface area contributed by atoms with Crippen LogP contribution in [0.15, 0.2) is 28.4 Å². The molecule has 3 aromatic rings. The third-order valence-electron chi connectivity index (χ3n) is 6.99. The standard InChI is InChI=1S/C24H21ClN10O12S2/c1-23(2,19(42)43)47-31-10(14-29-21(26)49-32-14)15(39)28-11-17(41)33-5-24(20(44)45,48-18(11)33)35-22(46)34(6-27-35)30-16(40)12(37)7-3-4-8(36)13(38)9(7)25/h3-4,6,11,18,36,38H,5H2,1-2H3,(H,28,39)(H,30,40)(H,42,43)(H,44,45)(H2,26,29,32)/b31-10-/t11-,18-,24-/m1/s1. The van der Waals surface area contributed by atoms with Gasteiger partial charge < -0.3 is 41.2 Å². The molecular weight excluding hydrogens is 720 g/mol. The molecule has 0 radical (unpaired) electrons. The van der Waals surface area contributed by atoms with Crippen LogP contribution >= 0.6 is 34.9 Å². The zero-order chi connectivity index (χ0) is 36.2. The fourth-order valence-electron chi connectivity index (χ4n) is 4.31. The molecule has 25 heteroatoms. The zero-order valence-electron chi connectivity index (χ0n) is 24.6. The number of Topliss-reactive ketones (excluding diaryl/α,β-unsaturated/α-hetero) is 1. The van der Waals surface area contributed by atoms with Crippen molar-refractivity contribution in [3.63, 3.8) is 0 Å². The number of nitrogens with one attached hydrogen (secondary N) is 2. The van der Waals surface area contributed by atoms with Crippen molar-refractivity contribution in [2.24, 2.45) is 5.16 Å². The summed E-state index contributed by atoms with van der Waals surface area (Å²) in [7, 11) is 0. The largest absolute Gasteiger partial charge is 0.504 e. The number of phenols is 2. The molecule has 2 saturated heterocycles. The predicted molar refractivity (Wildman–Crippen MR) is 164 cm³/mol. The third-order valence-corrected chi connectivity index (χ3v) is 9.55. The average molecular weight is 741 g/mol. The minimum absolute atomic E-state index is 0.0784. The maximum atomic E-state index is 13.3. The maximum Gasteiger partial charge on any atom is 0.366 e. The molecular formula is C24H21ClN10O12S2. The van der Waals surface area contributed by atoms with E-state index in [4.69, 9.17) is 22.2 Å². The van der Waals surface area contributed by atoms with Gasteiger partial charge in [0, 0.05) is 11.5 Å². The van der Waals surface area contributed by atoms with Crippen LogP contribution in [0.25, 0.3) is 0 Å². The zero-order valence-corrected chi connectivity index (χ0v) is 26.9. The molecule has 2 aliphatic rings. The number of aromatic nitrogens is 5. The number of hydrogen-bond acceptors (Lipinski definition) is 17. The lowest BCUT2D eigenvalue weighted by Crippen LogP contribution is -2.68. The maximum absolute atomic E-state index is 13.3. The number of carboxylic acids is 2. The van der Waals surface area contributed by atoms with Gasteiger partial charge in [-0.1, -0.05) is 28.5 Å². The number of β-lactam (4-membered cyclic amide) rings is 1. The minimum Gasteiger partial charge on any atom is -0.504 e. The van der Waals surface area contributed by atoms with Gasteiger partial charge in [-0.05, 0) is 26.0 Å². The summed E-state index contributed by atoms with van der Waals surface area (Å²) >= 11 is 7.05. The molecule has 0 aliphatic carbocycles. The first kappa shape index (κ1) is 34.6. The number of ketones is 1. The Balaban J connectivity index is 1.36. The Bertz CT molecular complexity index is 2040. The highest BCUT2D eigenvalue weighted by molar-refractivity contribution is 8.01. The molecule has 5 rings (SSSR count). The molecule has 49 heavy (non-hydrogen) atoms. The van der Waals surface area contributed by atoms with Crippen LogP contribution in [0.4, 0.5) is 5.13 Å². The average Bonchev–Trinajstić information content (AvgIpc) is 3.74. The molecule has 0 unspecified atom stereocenters. The SMILES string of the molecule is CC(C)(O/N=C(\C(=O)N[C@@H]1C(=O)N2C[C@@](C(=O)O)(n3ncn(NC(=O)C(=O)c4ccc(O)c(O)c4Cl)c3=O)S[C@H]12)c1nsc(N)n1)C(=O)O.